The predicted molar refractivity (Wildman–Crippen MR) is 131 cm³/mol. The van der Waals surface area contributed by atoms with Crippen LogP contribution < -0.4 is 20.7 Å². The van der Waals surface area contributed by atoms with Crippen LogP contribution in [-0.4, -0.2) is 29.2 Å². The molecular weight excluding hydrogens is 398 g/mol. The van der Waals surface area contributed by atoms with Gasteiger partial charge in [0, 0.05) is 23.1 Å². The maximum Gasteiger partial charge on any atom is 0.229 e. The zero-order valence-corrected chi connectivity index (χ0v) is 19.4. The SMILES string of the molecule is Cc1cnc(Nc2ccc(OC3CCNCC3)cc2)nc1Nc1cccc(C(C)(C)C)c1. The number of aryl methyl sites for hydroxylation is 1. The van der Waals surface area contributed by atoms with E-state index in [4.69, 9.17) is 9.72 Å². The van der Waals surface area contributed by atoms with Crippen molar-refractivity contribution in [1.82, 2.24) is 15.3 Å². The average Bonchev–Trinajstić information content (AvgIpc) is 2.78. The Kier molecular flexibility index (Phi) is 6.61. The molecule has 0 saturated carbocycles. The number of hydrogen-bond donors (Lipinski definition) is 3. The van der Waals surface area contributed by atoms with Gasteiger partial charge >= 0.3 is 0 Å². The zero-order chi connectivity index (χ0) is 22.6. The van der Waals surface area contributed by atoms with Crippen LogP contribution >= 0.6 is 0 Å². The maximum atomic E-state index is 6.09. The molecule has 0 atom stereocenters. The van der Waals surface area contributed by atoms with Gasteiger partial charge in [-0.2, -0.15) is 4.98 Å². The molecule has 4 rings (SSSR count). The first-order valence-corrected chi connectivity index (χ1v) is 11.3. The minimum atomic E-state index is 0.0921. The molecule has 32 heavy (non-hydrogen) atoms. The van der Waals surface area contributed by atoms with E-state index in [1.54, 1.807) is 0 Å². The van der Waals surface area contributed by atoms with Gasteiger partial charge in [-0.3, -0.25) is 0 Å². The zero-order valence-electron chi connectivity index (χ0n) is 19.4. The highest BCUT2D eigenvalue weighted by Crippen LogP contribution is 2.27. The van der Waals surface area contributed by atoms with Crippen LogP contribution in [0.1, 0.15) is 44.7 Å². The molecule has 168 valence electrons. The van der Waals surface area contributed by atoms with Crippen LogP contribution in [0.15, 0.2) is 54.7 Å². The molecule has 0 radical (unpaired) electrons. The standard InChI is InChI=1S/C26H33N5O/c1-18-17-28-25(31-24(18)29-21-7-5-6-19(16-21)26(2,3)4)30-20-8-10-22(11-9-20)32-23-12-14-27-15-13-23/h5-11,16-17,23,27H,12-15H2,1-4H3,(H2,28,29,30,31). The van der Waals surface area contributed by atoms with Crippen molar-refractivity contribution >= 4 is 23.1 Å². The second kappa shape index (κ2) is 9.57. The molecule has 1 aliphatic heterocycles. The van der Waals surface area contributed by atoms with Crippen molar-refractivity contribution in [2.75, 3.05) is 23.7 Å². The largest absolute Gasteiger partial charge is 0.490 e. The molecule has 0 bridgehead atoms. The Bertz CT molecular complexity index is 1040. The predicted octanol–water partition coefficient (Wildman–Crippen LogP) is 5.70. The van der Waals surface area contributed by atoms with Crippen LogP contribution in [-0.2, 0) is 5.41 Å². The first kappa shape index (κ1) is 22.1. The molecule has 1 saturated heterocycles. The lowest BCUT2D eigenvalue weighted by Crippen LogP contribution is -2.34. The van der Waals surface area contributed by atoms with Gasteiger partial charge in [0.25, 0.3) is 0 Å². The smallest absolute Gasteiger partial charge is 0.229 e. The number of hydrogen-bond acceptors (Lipinski definition) is 6. The summed E-state index contributed by atoms with van der Waals surface area (Å²) in [6.07, 6.45) is 4.22. The van der Waals surface area contributed by atoms with Gasteiger partial charge in [-0.05, 0) is 80.2 Å². The summed E-state index contributed by atoms with van der Waals surface area (Å²) in [5.41, 5.74) is 4.30. The Hall–Kier alpha value is -3.12. The Labute approximate surface area is 190 Å². The fourth-order valence-corrected chi connectivity index (χ4v) is 3.68. The van der Waals surface area contributed by atoms with E-state index >= 15 is 0 Å². The molecule has 3 aromatic rings. The van der Waals surface area contributed by atoms with E-state index in [-0.39, 0.29) is 5.41 Å². The first-order valence-electron chi connectivity index (χ1n) is 11.3. The quantitative estimate of drug-likeness (QED) is 0.465. The van der Waals surface area contributed by atoms with Gasteiger partial charge in [-0.15, -0.1) is 0 Å². The highest BCUT2D eigenvalue weighted by atomic mass is 16.5. The highest BCUT2D eigenvalue weighted by Gasteiger charge is 2.15. The molecule has 6 heteroatoms. The van der Waals surface area contributed by atoms with E-state index in [0.717, 1.165) is 54.4 Å². The lowest BCUT2D eigenvalue weighted by Gasteiger charge is -2.23. The first-order chi connectivity index (χ1) is 15.4. The third-order valence-electron chi connectivity index (χ3n) is 5.66. The summed E-state index contributed by atoms with van der Waals surface area (Å²) in [6, 6.07) is 16.5. The van der Waals surface area contributed by atoms with Crippen LogP contribution in [0.25, 0.3) is 0 Å². The van der Waals surface area contributed by atoms with Gasteiger partial charge in [0.05, 0.1) is 0 Å². The number of aromatic nitrogens is 2. The van der Waals surface area contributed by atoms with Crippen molar-refractivity contribution < 1.29 is 4.74 Å². The second-order valence-corrected chi connectivity index (χ2v) is 9.40. The molecule has 0 aliphatic carbocycles. The molecule has 0 amide bonds. The van der Waals surface area contributed by atoms with Crippen molar-refractivity contribution in [3.8, 4) is 5.75 Å². The molecular formula is C26H33N5O. The Balaban J connectivity index is 1.43. The van der Waals surface area contributed by atoms with E-state index in [2.05, 4.69) is 66.0 Å². The van der Waals surface area contributed by atoms with Gasteiger partial charge in [0.1, 0.15) is 17.7 Å². The van der Waals surface area contributed by atoms with Crippen LogP contribution in [0.3, 0.4) is 0 Å². The number of nitrogens with zero attached hydrogens (tertiary/aromatic N) is 2. The fourth-order valence-electron chi connectivity index (χ4n) is 3.68. The van der Waals surface area contributed by atoms with Crippen LogP contribution in [0.5, 0.6) is 5.75 Å². The molecule has 2 aromatic carbocycles. The molecule has 1 aliphatic rings. The van der Waals surface area contributed by atoms with Gasteiger partial charge in [0.15, 0.2) is 0 Å². The van der Waals surface area contributed by atoms with E-state index in [1.807, 2.05) is 37.4 Å². The Morgan fingerprint density at radius 1 is 0.969 bits per heavy atom. The average molecular weight is 432 g/mol. The summed E-state index contributed by atoms with van der Waals surface area (Å²) in [4.78, 5) is 9.15. The van der Waals surface area contributed by atoms with Gasteiger partial charge in [-0.1, -0.05) is 32.9 Å². The minimum absolute atomic E-state index is 0.0921. The lowest BCUT2D eigenvalue weighted by atomic mass is 9.87. The van der Waals surface area contributed by atoms with Crippen LogP contribution in [0.2, 0.25) is 0 Å². The summed E-state index contributed by atoms with van der Waals surface area (Å²) in [6.45, 7) is 10.7. The van der Waals surface area contributed by atoms with Crippen molar-refractivity contribution in [3.63, 3.8) is 0 Å². The summed E-state index contributed by atoms with van der Waals surface area (Å²) in [7, 11) is 0. The van der Waals surface area contributed by atoms with Gasteiger partial charge in [-0.25, -0.2) is 4.98 Å². The molecule has 6 nitrogen and oxygen atoms in total. The van der Waals surface area contributed by atoms with Crippen molar-refractivity contribution in [1.29, 1.82) is 0 Å². The molecule has 1 aromatic heterocycles. The number of piperidine rings is 1. The van der Waals surface area contributed by atoms with E-state index < -0.39 is 0 Å². The van der Waals surface area contributed by atoms with Crippen molar-refractivity contribution in [3.05, 3.63) is 65.9 Å². The van der Waals surface area contributed by atoms with E-state index in [1.165, 1.54) is 5.56 Å². The maximum absolute atomic E-state index is 6.09. The van der Waals surface area contributed by atoms with Crippen LogP contribution in [0.4, 0.5) is 23.1 Å². The molecule has 2 heterocycles. The van der Waals surface area contributed by atoms with Crippen molar-refractivity contribution in [2.24, 2.45) is 0 Å². The monoisotopic (exact) mass is 431 g/mol. The summed E-state index contributed by atoms with van der Waals surface area (Å²) < 4.78 is 6.09. The molecule has 0 unspecified atom stereocenters. The normalized spacial score (nSPS) is 14.8. The third-order valence-corrected chi connectivity index (χ3v) is 5.66. The van der Waals surface area contributed by atoms with Gasteiger partial charge < -0.3 is 20.7 Å². The van der Waals surface area contributed by atoms with E-state index in [9.17, 15) is 0 Å². The van der Waals surface area contributed by atoms with Crippen LogP contribution in [0, 0.1) is 6.92 Å². The second-order valence-electron chi connectivity index (χ2n) is 9.40. The lowest BCUT2D eigenvalue weighted by molar-refractivity contribution is 0.162. The number of benzene rings is 2. The summed E-state index contributed by atoms with van der Waals surface area (Å²) in [5.74, 6) is 2.24. The van der Waals surface area contributed by atoms with Crippen molar-refractivity contribution in [2.45, 2.75) is 52.1 Å². The Morgan fingerprint density at radius 2 is 1.72 bits per heavy atom. The molecule has 0 spiro atoms. The highest BCUT2D eigenvalue weighted by molar-refractivity contribution is 5.63. The summed E-state index contributed by atoms with van der Waals surface area (Å²) in [5, 5.41) is 10.1. The molecule has 3 N–H and O–H groups in total. The number of anilines is 4. The topological polar surface area (TPSA) is 71.1 Å². The molecule has 1 fully saturated rings. The number of ether oxygens (including phenoxy) is 1. The number of rotatable bonds is 6. The fraction of sp³-hybridized carbons (Fsp3) is 0.385. The van der Waals surface area contributed by atoms with E-state index in [0.29, 0.717) is 12.1 Å². The summed E-state index contributed by atoms with van der Waals surface area (Å²) >= 11 is 0. The van der Waals surface area contributed by atoms with Gasteiger partial charge in [0.2, 0.25) is 5.95 Å². The number of nitrogens with one attached hydrogen (secondary N) is 3. The third kappa shape index (κ3) is 5.77. The Morgan fingerprint density at radius 3 is 2.44 bits per heavy atom. The minimum Gasteiger partial charge on any atom is -0.490 e.